The Hall–Kier alpha value is -2.50. The third-order valence-electron chi connectivity index (χ3n) is 2.61. The van der Waals surface area contributed by atoms with E-state index in [9.17, 15) is 13.6 Å². The predicted molar refractivity (Wildman–Crippen MR) is 67.7 cm³/mol. The minimum atomic E-state index is -1.18. The molecular weight excluding hydrogens is 268 g/mol. The van der Waals surface area contributed by atoms with Crippen LogP contribution in [0.1, 0.15) is 17.3 Å². The summed E-state index contributed by atoms with van der Waals surface area (Å²) in [6.07, 6.45) is 1.25. The van der Waals surface area contributed by atoms with Crippen molar-refractivity contribution in [1.82, 2.24) is 4.98 Å². The van der Waals surface area contributed by atoms with Gasteiger partial charge in [-0.2, -0.15) is 0 Å². The van der Waals surface area contributed by atoms with E-state index >= 15 is 0 Å². The van der Waals surface area contributed by atoms with Gasteiger partial charge in [0.15, 0.2) is 17.4 Å². The van der Waals surface area contributed by atoms with Crippen LogP contribution in [0.25, 0.3) is 11.3 Å². The normalized spacial score (nSPS) is 10.3. The van der Waals surface area contributed by atoms with Gasteiger partial charge in [-0.25, -0.2) is 13.6 Å². The van der Waals surface area contributed by atoms with Crippen LogP contribution in [0.15, 0.2) is 30.5 Å². The van der Waals surface area contributed by atoms with Gasteiger partial charge in [0, 0.05) is 5.56 Å². The van der Waals surface area contributed by atoms with Crippen molar-refractivity contribution in [1.29, 1.82) is 0 Å². The molecule has 0 radical (unpaired) electrons. The van der Waals surface area contributed by atoms with Gasteiger partial charge < -0.3 is 9.84 Å². The summed E-state index contributed by atoms with van der Waals surface area (Å²) in [5.74, 6) is -3.04. The molecule has 20 heavy (non-hydrogen) atoms. The van der Waals surface area contributed by atoms with Crippen LogP contribution in [0.2, 0.25) is 0 Å². The number of benzene rings is 1. The monoisotopic (exact) mass is 279 g/mol. The molecule has 0 bridgehead atoms. The Morgan fingerprint density at radius 1 is 1.30 bits per heavy atom. The molecule has 4 nitrogen and oxygen atoms in total. The van der Waals surface area contributed by atoms with E-state index in [1.807, 2.05) is 0 Å². The number of rotatable bonds is 4. The van der Waals surface area contributed by atoms with Crippen LogP contribution < -0.4 is 4.74 Å². The molecule has 0 saturated carbocycles. The second-order valence-corrected chi connectivity index (χ2v) is 3.93. The van der Waals surface area contributed by atoms with Crippen LogP contribution in [0, 0.1) is 11.6 Å². The first-order chi connectivity index (χ1) is 9.52. The molecule has 0 unspecified atom stereocenters. The van der Waals surface area contributed by atoms with Crippen LogP contribution in [-0.2, 0) is 0 Å². The average molecular weight is 279 g/mol. The van der Waals surface area contributed by atoms with Gasteiger partial charge in [-0.3, -0.25) is 4.98 Å². The number of carboxylic acid groups (broad SMARTS) is 1. The molecular formula is C14H11F2NO3. The van der Waals surface area contributed by atoms with Crippen molar-refractivity contribution in [2.75, 3.05) is 6.61 Å². The summed E-state index contributed by atoms with van der Waals surface area (Å²) in [7, 11) is 0. The van der Waals surface area contributed by atoms with Crippen molar-refractivity contribution in [3.05, 3.63) is 47.7 Å². The zero-order valence-corrected chi connectivity index (χ0v) is 10.6. The fourth-order valence-electron chi connectivity index (χ4n) is 1.69. The lowest BCUT2D eigenvalue weighted by Gasteiger charge is -2.08. The highest BCUT2D eigenvalue weighted by Gasteiger charge is 2.14. The van der Waals surface area contributed by atoms with Gasteiger partial charge in [0.1, 0.15) is 5.56 Å². The summed E-state index contributed by atoms with van der Waals surface area (Å²) in [5.41, 5.74) is 0.431. The molecule has 104 valence electrons. The van der Waals surface area contributed by atoms with Crippen LogP contribution in [-0.4, -0.2) is 22.7 Å². The minimum absolute atomic E-state index is 0.0819. The van der Waals surface area contributed by atoms with Crippen molar-refractivity contribution in [2.45, 2.75) is 6.92 Å². The van der Waals surface area contributed by atoms with Gasteiger partial charge in [0.2, 0.25) is 0 Å². The Kier molecular flexibility index (Phi) is 3.93. The van der Waals surface area contributed by atoms with Gasteiger partial charge in [0.25, 0.3) is 0 Å². The van der Waals surface area contributed by atoms with E-state index in [-0.39, 0.29) is 22.6 Å². The van der Waals surface area contributed by atoms with Crippen LogP contribution >= 0.6 is 0 Å². The van der Waals surface area contributed by atoms with Crippen molar-refractivity contribution in [3.63, 3.8) is 0 Å². The quantitative estimate of drug-likeness (QED) is 0.934. The molecule has 1 aromatic carbocycles. The highest BCUT2D eigenvalue weighted by Crippen LogP contribution is 2.25. The van der Waals surface area contributed by atoms with E-state index in [2.05, 4.69) is 4.98 Å². The number of hydrogen-bond acceptors (Lipinski definition) is 3. The second kappa shape index (κ2) is 5.64. The largest absolute Gasteiger partial charge is 0.491 e. The van der Waals surface area contributed by atoms with E-state index in [1.54, 1.807) is 6.92 Å². The Morgan fingerprint density at radius 3 is 2.65 bits per heavy atom. The third kappa shape index (κ3) is 2.74. The molecule has 0 fully saturated rings. The predicted octanol–water partition coefficient (Wildman–Crippen LogP) is 3.12. The Labute approximate surface area is 113 Å². The molecule has 0 spiro atoms. The van der Waals surface area contributed by atoms with Gasteiger partial charge in [-0.05, 0) is 31.2 Å². The summed E-state index contributed by atoms with van der Waals surface area (Å²) in [6.45, 7) is 2.02. The van der Waals surface area contributed by atoms with Crippen molar-refractivity contribution < 1.29 is 23.4 Å². The Balaban J connectivity index is 2.49. The zero-order chi connectivity index (χ0) is 14.7. The molecule has 1 N–H and O–H groups in total. The second-order valence-electron chi connectivity index (χ2n) is 3.93. The fraction of sp³-hybridized carbons (Fsp3) is 0.143. The van der Waals surface area contributed by atoms with E-state index in [1.165, 1.54) is 18.3 Å². The molecule has 1 aromatic heterocycles. The van der Waals surface area contributed by atoms with Crippen LogP contribution in [0.4, 0.5) is 8.78 Å². The number of halogens is 2. The van der Waals surface area contributed by atoms with Gasteiger partial charge >= 0.3 is 5.97 Å². The van der Waals surface area contributed by atoms with Gasteiger partial charge in [-0.15, -0.1) is 0 Å². The van der Waals surface area contributed by atoms with Crippen LogP contribution in [0.3, 0.4) is 0 Å². The van der Waals surface area contributed by atoms with E-state index < -0.39 is 17.6 Å². The first-order valence-corrected chi connectivity index (χ1v) is 5.84. The van der Waals surface area contributed by atoms with E-state index in [0.717, 1.165) is 12.1 Å². The number of hydrogen-bond donors (Lipinski definition) is 1. The molecule has 0 aliphatic carbocycles. The molecule has 0 aliphatic rings. The molecule has 0 aliphatic heterocycles. The summed E-state index contributed by atoms with van der Waals surface area (Å²) >= 11 is 0. The number of aromatic carboxylic acids is 1. The standard InChI is InChI=1S/C14H11F2NO3/c1-2-20-13-7-17-12(6-9(13)14(18)19)8-3-4-10(15)11(16)5-8/h3-7H,2H2,1H3,(H,18,19). The molecule has 6 heteroatoms. The number of nitrogens with zero attached hydrogens (tertiary/aromatic N) is 1. The smallest absolute Gasteiger partial charge is 0.339 e. The molecule has 2 aromatic rings. The van der Waals surface area contributed by atoms with Crippen molar-refractivity contribution in [2.24, 2.45) is 0 Å². The highest BCUT2D eigenvalue weighted by atomic mass is 19.2. The fourth-order valence-corrected chi connectivity index (χ4v) is 1.69. The highest BCUT2D eigenvalue weighted by molar-refractivity contribution is 5.92. The minimum Gasteiger partial charge on any atom is -0.491 e. The van der Waals surface area contributed by atoms with Crippen LogP contribution in [0.5, 0.6) is 5.75 Å². The Morgan fingerprint density at radius 2 is 2.05 bits per heavy atom. The number of carbonyl (C=O) groups is 1. The zero-order valence-electron chi connectivity index (χ0n) is 10.6. The van der Waals surface area contributed by atoms with E-state index in [4.69, 9.17) is 9.84 Å². The molecule has 2 rings (SSSR count). The topological polar surface area (TPSA) is 59.4 Å². The molecule has 0 atom stereocenters. The first-order valence-electron chi connectivity index (χ1n) is 5.84. The molecule has 0 amide bonds. The van der Waals surface area contributed by atoms with Crippen molar-refractivity contribution in [3.8, 4) is 17.0 Å². The first kappa shape index (κ1) is 13.9. The number of ether oxygens (including phenoxy) is 1. The van der Waals surface area contributed by atoms with E-state index in [0.29, 0.717) is 6.61 Å². The lowest BCUT2D eigenvalue weighted by molar-refractivity contribution is 0.0692. The maximum Gasteiger partial charge on any atom is 0.339 e. The summed E-state index contributed by atoms with van der Waals surface area (Å²) in [4.78, 5) is 15.2. The number of carboxylic acids is 1. The third-order valence-corrected chi connectivity index (χ3v) is 2.61. The molecule has 1 heterocycles. The summed E-state index contributed by atoms with van der Waals surface area (Å²) < 4.78 is 31.2. The lowest BCUT2D eigenvalue weighted by atomic mass is 10.1. The summed E-state index contributed by atoms with van der Waals surface area (Å²) in [6, 6.07) is 4.51. The summed E-state index contributed by atoms with van der Waals surface area (Å²) in [5, 5.41) is 9.12. The lowest BCUT2D eigenvalue weighted by Crippen LogP contribution is -2.04. The Bertz CT molecular complexity index is 659. The maximum absolute atomic E-state index is 13.2. The van der Waals surface area contributed by atoms with Crippen molar-refractivity contribution >= 4 is 5.97 Å². The average Bonchev–Trinajstić information content (AvgIpc) is 2.42. The van der Waals surface area contributed by atoms with Gasteiger partial charge in [0.05, 0.1) is 18.5 Å². The van der Waals surface area contributed by atoms with Gasteiger partial charge in [-0.1, -0.05) is 0 Å². The SMILES string of the molecule is CCOc1cnc(-c2ccc(F)c(F)c2)cc1C(=O)O. The number of aromatic nitrogens is 1. The number of pyridine rings is 1. The maximum atomic E-state index is 13.2. The molecule has 0 saturated heterocycles.